The molecule has 1 fully saturated rings. The fraction of sp³-hybridized carbons (Fsp3) is 1.00. The first-order chi connectivity index (χ1) is 7.56. The van der Waals surface area contributed by atoms with Crippen molar-refractivity contribution >= 4 is 11.8 Å². The van der Waals surface area contributed by atoms with Crippen LogP contribution in [0.25, 0.3) is 0 Å². The average Bonchev–Trinajstić information content (AvgIpc) is 2.51. The first-order valence-corrected chi connectivity index (χ1v) is 6.50. The van der Waals surface area contributed by atoms with Gasteiger partial charge in [0, 0.05) is 0 Å². The summed E-state index contributed by atoms with van der Waals surface area (Å²) in [4.78, 5) is 2.10. The van der Waals surface area contributed by atoms with Crippen LogP contribution in [-0.4, -0.2) is 77.0 Å². The van der Waals surface area contributed by atoms with Gasteiger partial charge in [0.25, 0.3) is 0 Å². The van der Waals surface area contributed by atoms with Crippen LogP contribution < -0.4 is 0 Å². The van der Waals surface area contributed by atoms with Crippen LogP contribution in [-0.2, 0) is 4.74 Å². The van der Waals surface area contributed by atoms with Crippen molar-refractivity contribution < 1.29 is 20.1 Å². The van der Waals surface area contributed by atoms with Crippen molar-refractivity contribution in [3.63, 3.8) is 0 Å². The van der Waals surface area contributed by atoms with E-state index in [0.717, 1.165) is 18.7 Å². The molecule has 0 aliphatic carbocycles. The molecule has 1 aliphatic heterocycles. The van der Waals surface area contributed by atoms with E-state index in [4.69, 9.17) is 9.84 Å². The smallest absolute Gasteiger partial charge is 0.132 e. The van der Waals surface area contributed by atoms with E-state index in [0.29, 0.717) is 0 Å². The maximum atomic E-state index is 9.65. The second-order valence-electron chi connectivity index (χ2n) is 4.23. The maximum Gasteiger partial charge on any atom is 0.132 e. The molecular formula is C10H21NO4S. The average molecular weight is 251 g/mol. The van der Waals surface area contributed by atoms with Crippen LogP contribution in [0.4, 0.5) is 0 Å². The lowest BCUT2D eigenvalue weighted by Crippen LogP contribution is -2.33. The minimum atomic E-state index is -0.976. The number of ether oxygens (including phenoxy) is 1. The van der Waals surface area contributed by atoms with Crippen LogP contribution in [0.3, 0.4) is 0 Å². The molecular weight excluding hydrogens is 230 g/mol. The highest BCUT2D eigenvalue weighted by atomic mass is 32.2. The van der Waals surface area contributed by atoms with Crippen LogP contribution >= 0.6 is 11.8 Å². The SMILES string of the molecule is CN(C)CCCSC1O[C@H](CO)[C@@H](O)[C@H]1O. The second kappa shape index (κ2) is 6.78. The Morgan fingerprint density at radius 3 is 2.44 bits per heavy atom. The maximum absolute atomic E-state index is 9.65. The van der Waals surface area contributed by atoms with Gasteiger partial charge in [-0.1, -0.05) is 0 Å². The van der Waals surface area contributed by atoms with Crippen molar-refractivity contribution in [2.24, 2.45) is 0 Å². The van der Waals surface area contributed by atoms with E-state index in [1.165, 1.54) is 11.8 Å². The van der Waals surface area contributed by atoms with Gasteiger partial charge in [-0.25, -0.2) is 0 Å². The molecule has 1 aliphatic rings. The minimum Gasteiger partial charge on any atom is -0.394 e. The molecule has 1 saturated heterocycles. The predicted octanol–water partition coefficient (Wildman–Crippen LogP) is -0.890. The van der Waals surface area contributed by atoms with Gasteiger partial charge in [-0.15, -0.1) is 11.8 Å². The number of hydrogen-bond acceptors (Lipinski definition) is 6. The molecule has 0 saturated carbocycles. The summed E-state index contributed by atoms with van der Waals surface area (Å²) in [6.45, 7) is 0.731. The van der Waals surface area contributed by atoms with E-state index in [-0.39, 0.29) is 6.61 Å². The third-order valence-electron chi connectivity index (χ3n) is 2.53. The van der Waals surface area contributed by atoms with E-state index in [9.17, 15) is 10.2 Å². The minimum absolute atomic E-state index is 0.257. The van der Waals surface area contributed by atoms with E-state index in [2.05, 4.69) is 4.90 Å². The molecule has 0 radical (unpaired) electrons. The van der Waals surface area contributed by atoms with Gasteiger partial charge in [0.15, 0.2) is 0 Å². The normalized spacial score (nSPS) is 34.9. The van der Waals surface area contributed by atoms with Crippen LogP contribution in [0.2, 0.25) is 0 Å². The summed E-state index contributed by atoms with van der Waals surface area (Å²) in [5.74, 6) is 0.866. The van der Waals surface area contributed by atoms with E-state index in [1.807, 2.05) is 14.1 Å². The first kappa shape index (κ1) is 14.2. The predicted molar refractivity (Wildman–Crippen MR) is 63.4 cm³/mol. The molecule has 0 aromatic rings. The summed E-state index contributed by atoms with van der Waals surface area (Å²) in [5.41, 5.74) is -0.422. The Balaban J connectivity index is 2.22. The van der Waals surface area contributed by atoms with Crippen LogP contribution in [0.5, 0.6) is 0 Å². The molecule has 16 heavy (non-hydrogen) atoms. The van der Waals surface area contributed by atoms with Crippen LogP contribution in [0.15, 0.2) is 0 Å². The van der Waals surface area contributed by atoms with Gasteiger partial charge < -0.3 is 25.0 Å². The largest absolute Gasteiger partial charge is 0.394 e. The van der Waals surface area contributed by atoms with Crippen molar-refractivity contribution in [1.29, 1.82) is 0 Å². The number of rotatable bonds is 6. The molecule has 3 N–H and O–H groups in total. The lowest BCUT2D eigenvalue weighted by Gasteiger charge is -2.15. The zero-order chi connectivity index (χ0) is 12.1. The van der Waals surface area contributed by atoms with Gasteiger partial charge in [0.2, 0.25) is 0 Å². The summed E-state index contributed by atoms with van der Waals surface area (Å²) < 4.78 is 5.34. The lowest BCUT2D eigenvalue weighted by molar-refractivity contribution is -0.00808. The molecule has 1 heterocycles. The Labute approximate surface area is 100 Å². The Kier molecular flexibility index (Phi) is 6.02. The quantitative estimate of drug-likeness (QED) is 0.532. The fourth-order valence-corrected chi connectivity index (χ4v) is 2.69. The van der Waals surface area contributed by atoms with Crippen molar-refractivity contribution in [3.8, 4) is 0 Å². The second-order valence-corrected chi connectivity index (χ2v) is 5.44. The van der Waals surface area contributed by atoms with Gasteiger partial charge in [-0.2, -0.15) is 0 Å². The molecule has 5 nitrogen and oxygen atoms in total. The zero-order valence-corrected chi connectivity index (χ0v) is 10.6. The van der Waals surface area contributed by atoms with Gasteiger partial charge in [0.1, 0.15) is 23.7 Å². The topological polar surface area (TPSA) is 73.2 Å². The van der Waals surface area contributed by atoms with Gasteiger partial charge in [-0.05, 0) is 32.8 Å². The third-order valence-corrected chi connectivity index (χ3v) is 3.77. The number of hydrogen-bond donors (Lipinski definition) is 3. The standard InChI is InChI=1S/C10H21NO4S/c1-11(2)4-3-5-16-10-9(14)8(13)7(6-12)15-10/h7-10,12-14H,3-6H2,1-2H3/t7-,8-,9-,10?/m1/s1. The van der Waals surface area contributed by atoms with Crippen molar-refractivity contribution in [1.82, 2.24) is 4.90 Å². The third kappa shape index (κ3) is 3.87. The Morgan fingerprint density at radius 1 is 1.25 bits per heavy atom. The van der Waals surface area contributed by atoms with Gasteiger partial charge >= 0.3 is 0 Å². The van der Waals surface area contributed by atoms with E-state index < -0.39 is 23.7 Å². The summed E-state index contributed by atoms with van der Waals surface area (Å²) in [6.07, 6.45) is -1.52. The summed E-state index contributed by atoms with van der Waals surface area (Å²) in [7, 11) is 4.02. The summed E-state index contributed by atoms with van der Waals surface area (Å²) in [5, 5.41) is 28.1. The Morgan fingerprint density at radius 2 is 1.94 bits per heavy atom. The zero-order valence-electron chi connectivity index (χ0n) is 9.74. The first-order valence-electron chi connectivity index (χ1n) is 5.45. The Bertz CT molecular complexity index is 205. The number of thioether (sulfide) groups is 1. The molecule has 96 valence electrons. The molecule has 0 bridgehead atoms. The highest BCUT2D eigenvalue weighted by Gasteiger charge is 2.42. The molecule has 0 aromatic heterocycles. The number of aliphatic hydroxyl groups excluding tert-OH is 3. The van der Waals surface area contributed by atoms with E-state index in [1.54, 1.807) is 0 Å². The highest BCUT2D eigenvalue weighted by molar-refractivity contribution is 7.99. The van der Waals surface area contributed by atoms with Crippen molar-refractivity contribution in [2.45, 2.75) is 30.2 Å². The van der Waals surface area contributed by atoms with Crippen LogP contribution in [0, 0.1) is 0 Å². The highest BCUT2D eigenvalue weighted by Crippen LogP contribution is 2.29. The van der Waals surface area contributed by atoms with Crippen molar-refractivity contribution in [3.05, 3.63) is 0 Å². The molecule has 6 heteroatoms. The fourth-order valence-electron chi connectivity index (χ4n) is 1.58. The van der Waals surface area contributed by atoms with Gasteiger partial charge in [-0.3, -0.25) is 0 Å². The Hall–Kier alpha value is 0.150. The van der Waals surface area contributed by atoms with Crippen LogP contribution in [0.1, 0.15) is 6.42 Å². The molecule has 0 amide bonds. The number of nitrogens with zero attached hydrogens (tertiary/aromatic N) is 1. The molecule has 1 unspecified atom stereocenters. The monoisotopic (exact) mass is 251 g/mol. The molecule has 0 spiro atoms. The summed E-state index contributed by atoms with van der Waals surface area (Å²) in [6, 6.07) is 0. The molecule has 4 atom stereocenters. The van der Waals surface area contributed by atoms with Gasteiger partial charge in [0.05, 0.1) is 6.61 Å². The molecule has 1 rings (SSSR count). The lowest BCUT2D eigenvalue weighted by atomic mass is 10.2. The summed E-state index contributed by atoms with van der Waals surface area (Å²) >= 11 is 1.49. The number of aliphatic hydroxyl groups is 3. The van der Waals surface area contributed by atoms with Crippen molar-refractivity contribution in [2.75, 3.05) is 33.0 Å². The molecule has 0 aromatic carbocycles. The van der Waals surface area contributed by atoms with E-state index >= 15 is 0 Å².